The highest BCUT2D eigenvalue weighted by Crippen LogP contribution is 2.17. The van der Waals surface area contributed by atoms with Crippen LogP contribution >= 0.6 is 0 Å². The van der Waals surface area contributed by atoms with Crippen LogP contribution in [0.1, 0.15) is 122 Å². The Labute approximate surface area is 208 Å². The maximum atomic E-state index is 4.00. The Kier molecular flexibility index (Phi) is 21.5. The van der Waals surface area contributed by atoms with Gasteiger partial charge in [0.05, 0.1) is 20.1 Å². The van der Waals surface area contributed by atoms with E-state index in [1.165, 1.54) is 121 Å². The van der Waals surface area contributed by atoms with E-state index in [0.29, 0.717) is 0 Å². The maximum absolute atomic E-state index is 4.00. The summed E-state index contributed by atoms with van der Waals surface area (Å²) in [4.78, 5) is 0. The van der Waals surface area contributed by atoms with Gasteiger partial charge in [-0.3, -0.25) is 0 Å². The summed E-state index contributed by atoms with van der Waals surface area (Å²) in [6.45, 7) is 9.74. The van der Waals surface area contributed by atoms with Crippen molar-refractivity contribution in [3.05, 3.63) is 48.6 Å². The van der Waals surface area contributed by atoms with E-state index in [-0.39, 0.29) is 12.4 Å². The molecule has 1 aromatic rings. The first-order chi connectivity index (χ1) is 15.2. The van der Waals surface area contributed by atoms with Crippen LogP contribution in [-0.4, -0.2) is 24.6 Å². The molecule has 0 fully saturated rings. The van der Waals surface area contributed by atoms with Crippen molar-refractivity contribution in [1.82, 2.24) is 0 Å². The van der Waals surface area contributed by atoms with Crippen molar-refractivity contribution in [1.29, 1.82) is 0 Å². The van der Waals surface area contributed by atoms with Gasteiger partial charge in [0.15, 0.2) is 0 Å². The lowest BCUT2D eigenvalue weighted by molar-refractivity contribution is -0.917. The quantitative estimate of drug-likeness (QED) is 0.105. The lowest BCUT2D eigenvalue weighted by Crippen LogP contribution is -3.00. The molecular formula is C30H54ClN. The van der Waals surface area contributed by atoms with E-state index in [0.717, 1.165) is 17.6 Å². The van der Waals surface area contributed by atoms with Crippen LogP contribution in [0.4, 0.5) is 0 Å². The van der Waals surface area contributed by atoms with Crippen molar-refractivity contribution in [2.75, 3.05) is 20.1 Å². The topological polar surface area (TPSA) is 0 Å². The van der Waals surface area contributed by atoms with E-state index in [1.807, 2.05) is 0 Å². The summed E-state index contributed by atoms with van der Waals surface area (Å²) < 4.78 is 1.09. The van der Waals surface area contributed by atoms with E-state index in [1.54, 1.807) is 0 Å². The van der Waals surface area contributed by atoms with E-state index in [2.05, 4.69) is 57.0 Å². The Morgan fingerprint density at radius 1 is 0.656 bits per heavy atom. The molecule has 0 radical (unpaired) electrons. The van der Waals surface area contributed by atoms with Crippen LogP contribution < -0.4 is 12.4 Å². The van der Waals surface area contributed by atoms with Gasteiger partial charge in [-0.2, -0.15) is 0 Å². The molecule has 1 aromatic carbocycles. The number of benzene rings is 1. The average Bonchev–Trinajstić information content (AvgIpc) is 2.77. The first-order valence-corrected chi connectivity index (χ1v) is 13.7. The van der Waals surface area contributed by atoms with Gasteiger partial charge < -0.3 is 16.9 Å². The summed E-state index contributed by atoms with van der Waals surface area (Å²) in [6.07, 6.45) is 26.6. The highest BCUT2D eigenvalue weighted by Gasteiger charge is 2.19. The zero-order chi connectivity index (χ0) is 22.5. The molecule has 0 amide bonds. The summed E-state index contributed by atoms with van der Waals surface area (Å²) >= 11 is 0. The fraction of sp³-hybridized carbons (Fsp3) is 0.733. The summed E-state index contributed by atoms with van der Waals surface area (Å²) in [5, 5.41) is 0. The van der Waals surface area contributed by atoms with Crippen LogP contribution in [0.15, 0.2) is 43.0 Å². The monoisotopic (exact) mass is 463 g/mol. The van der Waals surface area contributed by atoms with Crippen molar-refractivity contribution in [3.8, 4) is 0 Å². The van der Waals surface area contributed by atoms with Gasteiger partial charge in [-0.25, -0.2) is 0 Å². The molecule has 0 saturated heterocycles. The number of nitrogens with zero attached hydrogens (tertiary/aromatic N) is 1. The van der Waals surface area contributed by atoms with Crippen molar-refractivity contribution in [2.45, 2.75) is 123 Å². The van der Waals surface area contributed by atoms with E-state index in [4.69, 9.17) is 0 Å². The Morgan fingerprint density at radius 3 is 1.47 bits per heavy atom. The molecule has 0 spiro atoms. The third-order valence-electron chi connectivity index (χ3n) is 6.78. The number of halogens is 1. The molecule has 0 aromatic heterocycles. The molecule has 0 bridgehead atoms. The van der Waals surface area contributed by atoms with Crippen LogP contribution in [0, 0.1) is 0 Å². The minimum absolute atomic E-state index is 0. The number of unbranched alkanes of at least 4 members (excludes halogenated alkanes) is 16. The predicted molar refractivity (Wildman–Crippen MR) is 140 cm³/mol. The van der Waals surface area contributed by atoms with Crippen LogP contribution in [0.2, 0.25) is 0 Å². The number of likely N-dealkylation sites (N-methyl/N-ethyl adjacent to an activating group) is 1. The molecule has 0 N–H and O–H groups in total. The zero-order valence-corrected chi connectivity index (χ0v) is 22.4. The fourth-order valence-corrected chi connectivity index (χ4v) is 4.79. The second-order valence-corrected chi connectivity index (χ2v) is 10.1. The van der Waals surface area contributed by atoms with Crippen LogP contribution in [0.25, 0.3) is 0 Å². The Bertz CT molecular complexity index is 515. The Hall–Kier alpha value is -0.790. The third kappa shape index (κ3) is 17.7. The molecule has 0 saturated carbocycles. The Balaban J connectivity index is 0.00000961. The van der Waals surface area contributed by atoms with Crippen LogP contribution in [-0.2, 0) is 6.54 Å². The standard InChI is InChI=1S/C30H54N.ClH/c1-4-6-7-8-9-10-11-12-13-14-15-16-17-18-19-20-24-28-31(3,27-5-2)29-30-25-22-21-23-26-30;/h5,21-23,25-26H,2,4,6-20,24,27-29H2,1,3H3;1H/q+1;/p-1. The molecular weight excluding hydrogens is 410 g/mol. The van der Waals surface area contributed by atoms with E-state index in [9.17, 15) is 0 Å². The van der Waals surface area contributed by atoms with Crippen molar-refractivity contribution >= 4 is 0 Å². The van der Waals surface area contributed by atoms with E-state index < -0.39 is 0 Å². The molecule has 1 nitrogen and oxygen atoms in total. The van der Waals surface area contributed by atoms with Crippen molar-refractivity contribution in [2.24, 2.45) is 0 Å². The summed E-state index contributed by atoms with van der Waals surface area (Å²) in [5.41, 5.74) is 1.44. The molecule has 186 valence electrons. The minimum Gasteiger partial charge on any atom is -1.00 e. The largest absolute Gasteiger partial charge is 1.00 e. The van der Waals surface area contributed by atoms with Gasteiger partial charge in [0.25, 0.3) is 0 Å². The van der Waals surface area contributed by atoms with Gasteiger partial charge >= 0.3 is 0 Å². The average molecular weight is 464 g/mol. The first kappa shape index (κ1) is 31.2. The van der Waals surface area contributed by atoms with Gasteiger partial charge in [0.1, 0.15) is 6.54 Å². The minimum atomic E-state index is 0. The van der Waals surface area contributed by atoms with Gasteiger partial charge in [-0.15, -0.1) is 0 Å². The molecule has 1 rings (SSSR count). The second-order valence-electron chi connectivity index (χ2n) is 10.1. The summed E-state index contributed by atoms with van der Waals surface area (Å²) in [7, 11) is 2.39. The second kappa shape index (κ2) is 22.0. The number of quaternary nitrogens is 1. The molecule has 0 aliphatic heterocycles. The molecule has 0 aliphatic carbocycles. The maximum Gasteiger partial charge on any atom is 0.104 e. The smallest absolute Gasteiger partial charge is 0.104 e. The van der Waals surface area contributed by atoms with Crippen LogP contribution in [0.3, 0.4) is 0 Å². The van der Waals surface area contributed by atoms with Crippen molar-refractivity contribution < 1.29 is 16.9 Å². The molecule has 1 atom stereocenters. The molecule has 1 unspecified atom stereocenters. The van der Waals surface area contributed by atoms with E-state index >= 15 is 0 Å². The zero-order valence-electron chi connectivity index (χ0n) is 21.6. The fourth-order valence-electron chi connectivity index (χ4n) is 4.79. The van der Waals surface area contributed by atoms with Crippen molar-refractivity contribution in [3.63, 3.8) is 0 Å². The third-order valence-corrected chi connectivity index (χ3v) is 6.78. The van der Waals surface area contributed by atoms with Gasteiger partial charge in [-0.05, 0) is 18.9 Å². The summed E-state index contributed by atoms with van der Waals surface area (Å²) in [6, 6.07) is 10.9. The molecule has 0 heterocycles. The predicted octanol–water partition coefficient (Wildman–Crippen LogP) is 6.47. The number of hydrogen-bond acceptors (Lipinski definition) is 0. The molecule has 0 aliphatic rings. The van der Waals surface area contributed by atoms with Gasteiger partial charge in [0, 0.05) is 5.56 Å². The molecule has 2 heteroatoms. The first-order valence-electron chi connectivity index (χ1n) is 13.7. The lowest BCUT2D eigenvalue weighted by Gasteiger charge is -2.34. The molecule has 32 heavy (non-hydrogen) atoms. The highest BCUT2D eigenvalue weighted by molar-refractivity contribution is 5.13. The highest BCUT2D eigenvalue weighted by atomic mass is 35.5. The van der Waals surface area contributed by atoms with Gasteiger partial charge in [0.2, 0.25) is 0 Å². The lowest BCUT2D eigenvalue weighted by atomic mass is 10.0. The van der Waals surface area contributed by atoms with Crippen LogP contribution in [0.5, 0.6) is 0 Å². The number of hydrogen-bond donors (Lipinski definition) is 0. The normalized spacial score (nSPS) is 12.8. The number of rotatable bonds is 22. The Morgan fingerprint density at radius 2 is 1.06 bits per heavy atom. The SMILES string of the molecule is C=CC[N+](C)(CCCCCCCCCCCCCCCCCCC)Cc1ccccc1.[Cl-]. The summed E-state index contributed by atoms with van der Waals surface area (Å²) in [5.74, 6) is 0. The van der Waals surface area contributed by atoms with Gasteiger partial charge in [-0.1, -0.05) is 140 Å².